The Bertz CT molecular complexity index is 458. The monoisotopic (exact) mass is 268 g/mol. The molecular formula is C16H22F2O. The summed E-state index contributed by atoms with van der Waals surface area (Å²) in [5.74, 6) is -1.12. The molecule has 1 saturated carbocycles. The topological polar surface area (TPSA) is 20.2 Å². The Labute approximate surface area is 113 Å². The molecule has 1 N–H and O–H groups in total. The standard InChI is InChI=1S/C16H22F2O/c1-3-12-5-4-9-16(19,10-8-12)13-7-6-11(2)14(17)15(13)18/h6-7,12,19H,3-5,8-10H2,1-2H3. The molecule has 0 heterocycles. The van der Waals surface area contributed by atoms with Crippen molar-refractivity contribution in [3.05, 3.63) is 34.9 Å². The summed E-state index contributed by atoms with van der Waals surface area (Å²) < 4.78 is 27.7. The van der Waals surface area contributed by atoms with E-state index in [9.17, 15) is 13.9 Å². The van der Waals surface area contributed by atoms with Crippen molar-refractivity contribution < 1.29 is 13.9 Å². The van der Waals surface area contributed by atoms with Crippen LogP contribution in [0.3, 0.4) is 0 Å². The van der Waals surface area contributed by atoms with E-state index in [-0.39, 0.29) is 11.1 Å². The van der Waals surface area contributed by atoms with Gasteiger partial charge in [0.25, 0.3) is 0 Å². The lowest BCUT2D eigenvalue weighted by Crippen LogP contribution is -2.27. The third-order valence-corrected chi connectivity index (χ3v) is 4.52. The maximum Gasteiger partial charge on any atom is 0.165 e. The molecule has 0 aliphatic heterocycles. The highest BCUT2D eigenvalue weighted by Crippen LogP contribution is 2.40. The Morgan fingerprint density at radius 1 is 1.21 bits per heavy atom. The fourth-order valence-corrected chi connectivity index (χ4v) is 3.08. The molecule has 0 amide bonds. The number of hydrogen-bond donors (Lipinski definition) is 1. The van der Waals surface area contributed by atoms with Gasteiger partial charge in [-0.25, -0.2) is 8.78 Å². The van der Waals surface area contributed by atoms with Crippen LogP contribution in [0.1, 0.15) is 56.6 Å². The molecule has 19 heavy (non-hydrogen) atoms. The van der Waals surface area contributed by atoms with E-state index in [1.165, 1.54) is 6.92 Å². The molecule has 0 spiro atoms. The molecule has 1 aliphatic carbocycles. The third kappa shape index (κ3) is 2.81. The summed E-state index contributed by atoms with van der Waals surface area (Å²) in [6, 6.07) is 3.09. The van der Waals surface area contributed by atoms with Crippen LogP contribution in [0.4, 0.5) is 8.78 Å². The minimum atomic E-state index is -1.21. The van der Waals surface area contributed by atoms with Gasteiger partial charge < -0.3 is 5.11 Å². The summed E-state index contributed by atoms with van der Waals surface area (Å²) in [5, 5.41) is 10.7. The van der Waals surface area contributed by atoms with Gasteiger partial charge in [0, 0.05) is 5.56 Å². The zero-order valence-corrected chi connectivity index (χ0v) is 11.7. The lowest BCUT2D eigenvalue weighted by atomic mass is 9.85. The Morgan fingerprint density at radius 2 is 1.95 bits per heavy atom. The summed E-state index contributed by atoms with van der Waals surface area (Å²) in [7, 11) is 0. The van der Waals surface area contributed by atoms with Crippen molar-refractivity contribution in [3.8, 4) is 0 Å². The van der Waals surface area contributed by atoms with Gasteiger partial charge in [-0.15, -0.1) is 0 Å². The van der Waals surface area contributed by atoms with E-state index in [0.29, 0.717) is 18.8 Å². The van der Waals surface area contributed by atoms with Crippen molar-refractivity contribution in [2.45, 2.75) is 58.0 Å². The summed E-state index contributed by atoms with van der Waals surface area (Å²) in [6.45, 7) is 3.67. The molecule has 0 aromatic heterocycles. The van der Waals surface area contributed by atoms with E-state index in [1.807, 2.05) is 0 Å². The highest BCUT2D eigenvalue weighted by Gasteiger charge is 2.35. The largest absolute Gasteiger partial charge is 0.385 e. The summed E-state index contributed by atoms with van der Waals surface area (Å²) in [5.41, 5.74) is -0.792. The summed E-state index contributed by atoms with van der Waals surface area (Å²) in [4.78, 5) is 0. The minimum Gasteiger partial charge on any atom is -0.385 e. The molecule has 2 unspecified atom stereocenters. The van der Waals surface area contributed by atoms with Crippen molar-refractivity contribution in [3.63, 3.8) is 0 Å². The number of halogens is 2. The molecule has 1 aromatic rings. The first kappa shape index (κ1) is 14.4. The van der Waals surface area contributed by atoms with Crippen LogP contribution in [0.5, 0.6) is 0 Å². The van der Waals surface area contributed by atoms with Gasteiger partial charge in [0.2, 0.25) is 0 Å². The SMILES string of the molecule is CCC1CCCC(O)(c2ccc(C)c(F)c2F)CC1. The van der Waals surface area contributed by atoms with Crippen LogP contribution in [-0.4, -0.2) is 5.11 Å². The van der Waals surface area contributed by atoms with Gasteiger partial charge in [0.05, 0.1) is 5.60 Å². The molecule has 0 radical (unpaired) electrons. The summed E-state index contributed by atoms with van der Waals surface area (Å²) in [6.07, 6.45) is 4.93. The van der Waals surface area contributed by atoms with Gasteiger partial charge >= 0.3 is 0 Å². The van der Waals surface area contributed by atoms with Gasteiger partial charge in [0.1, 0.15) is 0 Å². The number of aryl methyl sites for hydroxylation is 1. The predicted molar refractivity (Wildman–Crippen MR) is 71.9 cm³/mol. The molecule has 3 heteroatoms. The number of benzene rings is 1. The van der Waals surface area contributed by atoms with E-state index in [1.54, 1.807) is 12.1 Å². The first-order valence-corrected chi connectivity index (χ1v) is 7.15. The van der Waals surface area contributed by atoms with Crippen LogP contribution in [-0.2, 0) is 5.60 Å². The van der Waals surface area contributed by atoms with Crippen molar-refractivity contribution in [1.29, 1.82) is 0 Å². The number of rotatable bonds is 2. The van der Waals surface area contributed by atoms with Crippen LogP contribution < -0.4 is 0 Å². The Hall–Kier alpha value is -0.960. The molecule has 106 valence electrons. The molecule has 0 bridgehead atoms. The fourth-order valence-electron chi connectivity index (χ4n) is 3.08. The molecule has 2 rings (SSSR count). The van der Waals surface area contributed by atoms with Gasteiger partial charge in [0.15, 0.2) is 11.6 Å². The molecule has 1 aromatic carbocycles. The Kier molecular flexibility index (Phi) is 4.24. The minimum absolute atomic E-state index is 0.132. The van der Waals surface area contributed by atoms with E-state index in [4.69, 9.17) is 0 Å². The van der Waals surface area contributed by atoms with Crippen molar-refractivity contribution in [1.82, 2.24) is 0 Å². The number of hydrogen-bond acceptors (Lipinski definition) is 1. The zero-order chi connectivity index (χ0) is 14.0. The molecule has 1 fully saturated rings. The zero-order valence-electron chi connectivity index (χ0n) is 11.7. The lowest BCUT2D eigenvalue weighted by Gasteiger charge is -2.28. The van der Waals surface area contributed by atoms with Crippen molar-refractivity contribution in [2.75, 3.05) is 0 Å². The first-order chi connectivity index (χ1) is 8.98. The van der Waals surface area contributed by atoms with E-state index in [2.05, 4.69) is 6.92 Å². The Balaban J connectivity index is 2.32. The first-order valence-electron chi connectivity index (χ1n) is 7.15. The smallest absolute Gasteiger partial charge is 0.165 e. The van der Waals surface area contributed by atoms with Crippen LogP contribution in [0.2, 0.25) is 0 Å². The summed E-state index contributed by atoms with van der Waals surface area (Å²) >= 11 is 0. The van der Waals surface area contributed by atoms with E-state index >= 15 is 0 Å². The normalized spacial score (nSPS) is 28.2. The molecule has 0 saturated heterocycles. The lowest BCUT2D eigenvalue weighted by molar-refractivity contribution is 0.0155. The van der Waals surface area contributed by atoms with Crippen molar-refractivity contribution >= 4 is 0 Å². The maximum atomic E-state index is 14.1. The van der Waals surface area contributed by atoms with Crippen LogP contribution >= 0.6 is 0 Å². The van der Waals surface area contributed by atoms with Crippen LogP contribution in [0.15, 0.2) is 12.1 Å². The Morgan fingerprint density at radius 3 is 2.63 bits per heavy atom. The second kappa shape index (κ2) is 5.58. The average molecular weight is 268 g/mol. The third-order valence-electron chi connectivity index (χ3n) is 4.52. The van der Waals surface area contributed by atoms with Crippen LogP contribution in [0, 0.1) is 24.5 Å². The number of aliphatic hydroxyl groups is 1. The van der Waals surface area contributed by atoms with Gasteiger partial charge in [-0.2, -0.15) is 0 Å². The molecule has 1 nitrogen and oxygen atoms in total. The van der Waals surface area contributed by atoms with Gasteiger partial charge in [-0.05, 0) is 44.1 Å². The predicted octanol–water partition coefficient (Wildman–Crippen LogP) is 4.45. The van der Waals surface area contributed by atoms with Gasteiger partial charge in [-0.1, -0.05) is 31.9 Å². The molecular weight excluding hydrogens is 246 g/mol. The van der Waals surface area contributed by atoms with Gasteiger partial charge in [-0.3, -0.25) is 0 Å². The van der Waals surface area contributed by atoms with Crippen LogP contribution in [0.25, 0.3) is 0 Å². The highest BCUT2D eigenvalue weighted by molar-refractivity contribution is 5.30. The average Bonchev–Trinajstić information content (AvgIpc) is 2.58. The second-order valence-electron chi connectivity index (χ2n) is 5.79. The molecule has 1 aliphatic rings. The molecule has 2 atom stereocenters. The highest BCUT2D eigenvalue weighted by atomic mass is 19.2. The van der Waals surface area contributed by atoms with E-state index in [0.717, 1.165) is 25.7 Å². The van der Waals surface area contributed by atoms with Crippen molar-refractivity contribution in [2.24, 2.45) is 5.92 Å². The quantitative estimate of drug-likeness (QED) is 0.786. The van der Waals surface area contributed by atoms with E-state index < -0.39 is 17.2 Å². The fraction of sp³-hybridized carbons (Fsp3) is 0.625. The maximum absolute atomic E-state index is 14.1. The second-order valence-corrected chi connectivity index (χ2v) is 5.79.